The number of halogens is 1. The van der Waals surface area contributed by atoms with E-state index < -0.39 is 5.97 Å². The summed E-state index contributed by atoms with van der Waals surface area (Å²) in [5.41, 5.74) is 10.2. The van der Waals surface area contributed by atoms with E-state index in [9.17, 15) is 4.79 Å². The molecule has 0 aliphatic carbocycles. The normalized spacial score (nSPS) is 9.81. The Morgan fingerprint density at radius 1 is 1.10 bits per heavy atom. The number of anilines is 1. The zero-order chi connectivity index (χ0) is 14.5. The molecule has 0 unspecified atom stereocenters. The monoisotopic (exact) mass is 306 g/mol. The Bertz CT molecular complexity index is 592. The van der Waals surface area contributed by atoms with Crippen LogP contribution in [-0.2, 0) is 6.54 Å². The zero-order valence-electron chi connectivity index (χ0n) is 12.0. The molecule has 2 rings (SSSR count). The highest BCUT2D eigenvalue weighted by Gasteiger charge is 2.11. The van der Waals surface area contributed by atoms with Gasteiger partial charge in [0, 0.05) is 12.2 Å². The van der Waals surface area contributed by atoms with Crippen LogP contribution in [0.3, 0.4) is 0 Å². The maximum atomic E-state index is 11.1. The van der Waals surface area contributed by atoms with E-state index in [0.717, 1.165) is 22.4 Å². The third-order valence-corrected chi connectivity index (χ3v) is 3.11. The standard InChI is InChI=1S/C16H18N2O2.ClH/c1-11-8-13(9-12(2)15(11)16(19)20)10-17-18-14-6-4-3-5-7-14;/h3-9,17-18H,10H2,1-2H3,(H,19,20);1H. The Morgan fingerprint density at radius 3 is 2.19 bits per heavy atom. The molecule has 0 spiro atoms. The van der Waals surface area contributed by atoms with Gasteiger partial charge in [-0.1, -0.05) is 30.3 Å². The molecule has 0 atom stereocenters. The van der Waals surface area contributed by atoms with Crippen LogP contribution >= 0.6 is 12.4 Å². The predicted molar refractivity (Wildman–Crippen MR) is 87.0 cm³/mol. The summed E-state index contributed by atoms with van der Waals surface area (Å²) >= 11 is 0. The zero-order valence-corrected chi connectivity index (χ0v) is 12.8. The third-order valence-electron chi connectivity index (χ3n) is 3.11. The molecule has 2 aromatic rings. The smallest absolute Gasteiger partial charge is 0.336 e. The minimum Gasteiger partial charge on any atom is -0.478 e. The summed E-state index contributed by atoms with van der Waals surface area (Å²) in [5.74, 6) is -0.873. The maximum Gasteiger partial charge on any atom is 0.336 e. The van der Waals surface area contributed by atoms with Crippen molar-refractivity contribution in [2.45, 2.75) is 20.4 Å². The summed E-state index contributed by atoms with van der Waals surface area (Å²) in [6.07, 6.45) is 0. The van der Waals surface area contributed by atoms with Crippen molar-refractivity contribution in [3.8, 4) is 0 Å². The molecule has 112 valence electrons. The number of hydrazine groups is 1. The first-order chi connectivity index (χ1) is 9.58. The van der Waals surface area contributed by atoms with Crippen LogP contribution in [0.4, 0.5) is 5.69 Å². The minimum atomic E-state index is -0.873. The van der Waals surface area contributed by atoms with Gasteiger partial charge in [0.1, 0.15) is 0 Å². The lowest BCUT2D eigenvalue weighted by Crippen LogP contribution is -2.21. The molecule has 4 nitrogen and oxygen atoms in total. The number of para-hydroxylation sites is 1. The molecule has 0 radical (unpaired) electrons. The summed E-state index contributed by atoms with van der Waals surface area (Å²) in [6, 6.07) is 13.6. The van der Waals surface area contributed by atoms with E-state index in [1.165, 1.54) is 0 Å². The van der Waals surface area contributed by atoms with E-state index in [-0.39, 0.29) is 12.4 Å². The first kappa shape index (κ1) is 17.0. The second kappa shape index (κ2) is 7.67. The van der Waals surface area contributed by atoms with Gasteiger partial charge in [-0.2, -0.15) is 0 Å². The Balaban J connectivity index is 0.00000220. The van der Waals surface area contributed by atoms with Gasteiger partial charge in [0.05, 0.1) is 5.56 Å². The number of rotatable bonds is 5. The van der Waals surface area contributed by atoms with Gasteiger partial charge in [0.25, 0.3) is 0 Å². The van der Waals surface area contributed by atoms with Crippen molar-refractivity contribution in [2.75, 3.05) is 5.43 Å². The molecule has 0 bridgehead atoms. The van der Waals surface area contributed by atoms with Crippen LogP contribution in [0.5, 0.6) is 0 Å². The lowest BCUT2D eigenvalue weighted by molar-refractivity contribution is 0.0695. The topological polar surface area (TPSA) is 61.4 Å². The van der Waals surface area contributed by atoms with Crippen LogP contribution in [-0.4, -0.2) is 11.1 Å². The predicted octanol–water partition coefficient (Wildman–Crippen LogP) is 3.54. The molecule has 5 heteroatoms. The second-order valence-electron chi connectivity index (χ2n) is 4.75. The highest BCUT2D eigenvalue weighted by Crippen LogP contribution is 2.16. The van der Waals surface area contributed by atoms with Crippen LogP contribution in [0.2, 0.25) is 0 Å². The molecule has 21 heavy (non-hydrogen) atoms. The summed E-state index contributed by atoms with van der Waals surface area (Å²) < 4.78 is 0. The summed E-state index contributed by atoms with van der Waals surface area (Å²) in [6.45, 7) is 4.27. The van der Waals surface area contributed by atoms with E-state index in [1.54, 1.807) is 0 Å². The van der Waals surface area contributed by atoms with Gasteiger partial charge in [-0.15, -0.1) is 12.4 Å². The van der Waals surface area contributed by atoms with Crippen molar-refractivity contribution in [2.24, 2.45) is 0 Å². The largest absolute Gasteiger partial charge is 0.478 e. The van der Waals surface area contributed by atoms with E-state index in [0.29, 0.717) is 12.1 Å². The highest BCUT2D eigenvalue weighted by molar-refractivity contribution is 5.91. The number of carboxylic acids is 1. The van der Waals surface area contributed by atoms with Gasteiger partial charge < -0.3 is 10.5 Å². The van der Waals surface area contributed by atoms with E-state index >= 15 is 0 Å². The molecule has 0 fully saturated rings. The SMILES string of the molecule is Cc1cc(CNNc2ccccc2)cc(C)c1C(=O)O.Cl. The molecule has 0 saturated heterocycles. The summed E-state index contributed by atoms with van der Waals surface area (Å²) in [5, 5.41) is 9.13. The Labute approximate surface area is 130 Å². The van der Waals surface area contributed by atoms with E-state index in [1.807, 2.05) is 56.3 Å². The number of benzene rings is 2. The van der Waals surface area contributed by atoms with E-state index in [4.69, 9.17) is 5.11 Å². The highest BCUT2D eigenvalue weighted by atomic mass is 35.5. The van der Waals surface area contributed by atoms with Gasteiger partial charge in [0.15, 0.2) is 0 Å². The molecule has 0 aliphatic rings. The molecule has 0 saturated carbocycles. The molecule has 0 aliphatic heterocycles. The molecule has 0 heterocycles. The van der Waals surface area contributed by atoms with Crippen molar-refractivity contribution in [3.63, 3.8) is 0 Å². The van der Waals surface area contributed by atoms with Crippen molar-refractivity contribution < 1.29 is 9.90 Å². The van der Waals surface area contributed by atoms with Crippen molar-refractivity contribution in [1.29, 1.82) is 0 Å². The van der Waals surface area contributed by atoms with Crippen molar-refractivity contribution in [3.05, 3.63) is 64.7 Å². The van der Waals surface area contributed by atoms with Crippen LogP contribution < -0.4 is 10.9 Å². The fourth-order valence-corrected chi connectivity index (χ4v) is 2.26. The number of aryl methyl sites for hydroxylation is 2. The van der Waals surface area contributed by atoms with Gasteiger partial charge in [-0.25, -0.2) is 10.2 Å². The van der Waals surface area contributed by atoms with Crippen LogP contribution in [0, 0.1) is 13.8 Å². The molecule has 0 aromatic heterocycles. The average Bonchev–Trinajstić information content (AvgIpc) is 2.38. The Morgan fingerprint density at radius 2 is 1.67 bits per heavy atom. The first-order valence-corrected chi connectivity index (χ1v) is 6.45. The Hall–Kier alpha value is -2.04. The number of hydrogen-bond donors (Lipinski definition) is 3. The summed E-state index contributed by atoms with van der Waals surface area (Å²) in [4.78, 5) is 11.1. The van der Waals surface area contributed by atoms with Gasteiger partial charge in [-0.05, 0) is 42.7 Å². The fraction of sp³-hybridized carbons (Fsp3) is 0.188. The molecule has 0 amide bonds. The maximum absolute atomic E-state index is 11.1. The van der Waals surface area contributed by atoms with Crippen molar-refractivity contribution in [1.82, 2.24) is 5.43 Å². The molecular weight excluding hydrogens is 288 g/mol. The minimum absolute atomic E-state index is 0. The third kappa shape index (κ3) is 4.48. The fourth-order valence-electron chi connectivity index (χ4n) is 2.26. The van der Waals surface area contributed by atoms with E-state index in [2.05, 4.69) is 10.9 Å². The number of nitrogens with one attached hydrogen (secondary N) is 2. The quantitative estimate of drug-likeness (QED) is 0.739. The average molecular weight is 307 g/mol. The van der Waals surface area contributed by atoms with Gasteiger partial charge >= 0.3 is 5.97 Å². The van der Waals surface area contributed by atoms with Gasteiger partial charge in [0.2, 0.25) is 0 Å². The molecular formula is C16H19ClN2O2. The summed E-state index contributed by atoms with van der Waals surface area (Å²) in [7, 11) is 0. The van der Waals surface area contributed by atoms with Gasteiger partial charge in [-0.3, -0.25) is 0 Å². The Kier molecular flexibility index (Phi) is 6.21. The lowest BCUT2D eigenvalue weighted by Gasteiger charge is -2.11. The van der Waals surface area contributed by atoms with Crippen LogP contribution in [0.1, 0.15) is 27.0 Å². The van der Waals surface area contributed by atoms with Crippen LogP contribution in [0.15, 0.2) is 42.5 Å². The van der Waals surface area contributed by atoms with Crippen LogP contribution in [0.25, 0.3) is 0 Å². The second-order valence-corrected chi connectivity index (χ2v) is 4.75. The number of carboxylic acid groups (broad SMARTS) is 1. The lowest BCUT2D eigenvalue weighted by atomic mass is 9.99. The molecule has 2 aromatic carbocycles. The number of aromatic carboxylic acids is 1. The molecule has 3 N–H and O–H groups in total. The first-order valence-electron chi connectivity index (χ1n) is 6.45. The van der Waals surface area contributed by atoms with Crippen molar-refractivity contribution >= 4 is 24.1 Å². The number of carbonyl (C=O) groups is 1. The number of hydrogen-bond acceptors (Lipinski definition) is 3.